The lowest BCUT2D eigenvalue weighted by Gasteiger charge is -2.28. The minimum Gasteiger partial charge on any atom is -0.475 e. The van der Waals surface area contributed by atoms with Gasteiger partial charge in [0.05, 0.1) is 6.04 Å². The lowest BCUT2D eigenvalue weighted by molar-refractivity contribution is -0.192. The summed E-state index contributed by atoms with van der Waals surface area (Å²) in [4.78, 5) is 8.90. The van der Waals surface area contributed by atoms with Crippen LogP contribution in [0.3, 0.4) is 0 Å². The van der Waals surface area contributed by atoms with Gasteiger partial charge in [-0.05, 0) is 44.8 Å². The standard InChI is InChI=1S/C10H17N3.C2HF3O2/c1-9(13-8-2-5-12-13)10-3-6-11-7-4-10;3-2(4,5)1(6)7/h2,5,8-11H,3-4,6-7H2,1H3;(H,6,7). The molecule has 1 aromatic rings. The van der Waals surface area contributed by atoms with Gasteiger partial charge in [-0.1, -0.05) is 0 Å². The molecule has 1 aliphatic rings. The van der Waals surface area contributed by atoms with Crippen molar-refractivity contribution in [1.82, 2.24) is 15.1 Å². The average molecular weight is 293 g/mol. The molecule has 0 aromatic carbocycles. The summed E-state index contributed by atoms with van der Waals surface area (Å²) in [5.41, 5.74) is 0. The molecule has 0 saturated carbocycles. The second-order valence-corrected chi connectivity index (χ2v) is 4.62. The maximum absolute atomic E-state index is 10.6. The molecule has 5 nitrogen and oxygen atoms in total. The molecule has 0 amide bonds. The fourth-order valence-corrected chi connectivity index (χ4v) is 2.06. The second-order valence-electron chi connectivity index (χ2n) is 4.62. The number of carboxylic acids is 1. The number of hydrogen-bond donors (Lipinski definition) is 2. The first-order chi connectivity index (χ1) is 9.32. The summed E-state index contributed by atoms with van der Waals surface area (Å²) in [5.74, 6) is -1.96. The highest BCUT2D eigenvalue weighted by Gasteiger charge is 2.38. The van der Waals surface area contributed by atoms with Crippen LogP contribution in [-0.2, 0) is 4.79 Å². The van der Waals surface area contributed by atoms with E-state index in [-0.39, 0.29) is 0 Å². The molecule has 8 heteroatoms. The zero-order chi connectivity index (χ0) is 15.2. The molecular weight excluding hydrogens is 275 g/mol. The molecule has 1 atom stereocenters. The van der Waals surface area contributed by atoms with Crippen LogP contribution >= 0.6 is 0 Å². The number of halogens is 3. The molecule has 0 bridgehead atoms. The predicted octanol–water partition coefficient (Wildman–Crippen LogP) is 2.08. The third-order valence-electron chi connectivity index (χ3n) is 3.25. The van der Waals surface area contributed by atoms with E-state index >= 15 is 0 Å². The van der Waals surface area contributed by atoms with Crippen LogP contribution in [0.1, 0.15) is 25.8 Å². The van der Waals surface area contributed by atoms with Crippen LogP contribution in [0.25, 0.3) is 0 Å². The molecule has 2 rings (SSSR count). The zero-order valence-electron chi connectivity index (χ0n) is 11.1. The van der Waals surface area contributed by atoms with Crippen molar-refractivity contribution >= 4 is 5.97 Å². The van der Waals surface area contributed by atoms with Crippen molar-refractivity contribution in [3.63, 3.8) is 0 Å². The first kappa shape index (κ1) is 16.5. The molecular formula is C12H18F3N3O2. The van der Waals surface area contributed by atoms with Gasteiger partial charge in [-0.3, -0.25) is 4.68 Å². The predicted molar refractivity (Wildman–Crippen MR) is 66.2 cm³/mol. The Labute approximate surface area is 114 Å². The van der Waals surface area contributed by atoms with Crippen LogP contribution in [0.15, 0.2) is 18.5 Å². The first-order valence-corrected chi connectivity index (χ1v) is 6.32. The minimum atomic E-state index is -5.08. The number of alkyl halides is 3. The average Bonchev–Trinajstić information content (AvgIpc) is 2.92. The summed E-state index contributed by atoms with van der Waals surface area (Å²) in [7, 11) is 0. The molecule has 2 heterocycles. The van der Waals surface area contributed by atoms with Crippen LogP contribution in [0, 0.1) is 5.92 Å². The minimum absolute atomic E-state index is 0.553. The van der Waals surface area contributed by atoms with Gasteiger partial charge in [-0.15, -0.1) is 0 Å². The highest BCUT2D eigenvalue weighted by molar-refractivity contribution is 5.73. The van der Waals surface area contributed by atoms with Gasteiger partial charge >= 0.3 is 12.1 Å². The van der Waals surface area contributed by atoms with E-state index in [1.807, 2.05) is 12.3 Å². The Morgan fingerprint density at radius 1 is 1.45 bits per heavy atom. The van der Waals surface area contributed by atoms with Crippen molar-refractivity contribution in [2.75, 3.05) is 13.1 Å². The maximum Gasteiger partial charge on any atom is 0.490 e. The number of rotatable bonds is 2. The van der Waals surface area contributed by atoms with Crippen molar-refractivity contribution in [3.05, 3.63) is 18.5 Å². The fraction of sp³-hybridized carbons (Fsp3) is 0.667. The summed E-state index contributed by atoms with van der Waals surface area (Å²) in [6, 6.07) is 2.55. The van der Waals surface area contributed by atoms with E-state index in [4.69, 9.17) is 9.90 Å². The Balaban J connectivity index is 0.000000246. The Kier molecular flexibility index (Phi) is 6.00. The number of nitrogens with one attached hydrogen (secondary N) is 1. The largest absolute Gasteiger partial charge is 0.490 e. The molecule has 1 aliphatic heterocycles. The molecule has 0 aliphatic carbocycles. The van der Waals surface area contributed by atoms with E-state index in [9.17, 15) is 13.2 Å². The third-order valence-corrected chi connectivity index (χ3v) is 3.25. The van der Waals surface area contributed by atoms with Crippen molar-refractivity contribution < 1.29 is 23.1 Å². The zero-order valence-corrected chi connectivity index (χ0v) is 11.1. The van der Waals surface area contributed by atoms with Gasteiger partial charge in [-0.2, -0.15) is 18.3 Å². The van der Waals surface area contributed by atoms with Gasteiger partial charge < -0.3 is 10.4 Å². The smallest absolute Gasteiger partial charge is 0.475 e. The van der Waals surface area contributed by atoms with Gasteiger partial charge in [0.15, 0.2) is 0 Å². The van der Waals surface area contributed by atoms with E-state index < -0.39 is 12.1 Å². The Morgan fingerprint density at radius 3 is 2.40 bits per heavy atom. The molecule has 20 heavy (non-hydrogen) atoms. The molecule has 1 saturated heterocycles. The molecule has 1 unspecified atom stereocenters. The number of aliphatic carboxylic acids is 1. The molecule has 0 spiro atoms. The van der Waals surface area contributed by atoms with Crippen molar-refractivity contribution in [3.8, 4) is 0 Å². The highest BCUT2D eigenvalue weighted by Crippen LogP contribution is 2.24. The van der Waals surface area contributed by atoms with E-state index in [2.05, 4.69) is 28.2 Å². The lowest BCUT2D eigenvalue weighted by Crippen LogP contribution is -2.31. The molecule has 1 aromatic heterocycles. The molecule has 114 valence electrons. The monoisotopic (exact) mass is 293 g/mol. The summed E-state index contributed by atoms with van der Waals surface area (Å²) in [5, 5.41) is 14.8. The topological polar surface area (TPSA) is 67.2 Å². The molecule has 2 N–H and O–H groups in total. The summed E-state index contributed by atoms with van der Waals surface area (Å²) in [6.45, 7) is 4.59. The van der Waals surface area contributed by atoms with Crippen LogP contribution in [0.5, 0.6) is 0 Å². The van der Waals surface area contributed by atoms with Gasteiger partial charge in [-0.25, -0.2) is 4.79 Å². The van der Waals surface area contributed by atoms with Crippen molar-refractivity contribution in [1.29, 1.82) is 0 Å². The van der Waals surface area contributed by atoms with Crippen LogP contribution < -0.4 is 5.32 Å². The summed E-state index contributed by atoms with van der Waals surface area (Å²) >= 11 is 0. The third kappa shape index (κ3) is 5.20. The van der Waals surface area contributed by atoms with Crippen molar-refractivity contribution in [2.24, 2.45) is 5.92 Å². The van der Waals surface area contributed by atoms with Crippen LogP contribution in [0.2, 0.25) is 0 Å². The van der Waals surface area contributed by atoms with Gasteiger partial charge in [0.2, 0.25) is 0 Å². The second kappa shape index (κ2) is 7.28. The quantitative estimate of drug-likeness (QED) is 0.876. The van der Waals surface area contributed by atoms with E-state index in [1.165, 1.54) is 12.8 Å². The van der Waals surface area contributed by atoms with Crippen molar-refractivity contribution in [2.45, 2.75) is 32.0 Å². The highest BCUT2D eigenvalue weighted by atomic mass is 19.4. The normalized spacial score (nSPS) is 18.0. The van der Waals surface area contributed by atoms with Crippen LogP contribution in [-0.4, -0.2) is 40.1 Å². The van der Waals surface area contributed by atoms with Crippen LogP contribution in [0.4, 0.5) is 13.2 Å². The Bertz CT molecular complexity index is 401. The lowest BCUT2D eigenvalue weighted by atomic mass is 9.91. The number of aromatic nitrogens is 2. The number of piperidine rings is 1. The SMILES string of the molecule is CC(C1CCNCC1)n1cccn1.O=C(O)C(F)(F)F. The fourth-order valence-electron chi connectivity index (χ4n) is 2.06. The Hall–Kier alpha value is -1.57. The summed E-state index contributed by atoms with van der Waals surface area (Å²) < 4.78 is 33.8. The number of nitrogens with zero attached hydrogens (tertiary/aromatic N) is 2. The molecule has 0 radical (unpaired) electrons. The number of carbonyl (C=O) groups is 1. The van der Waals surface area contributed by atoms with E-state index in [0.29, 0.717) is 6.04 Å². The summed E-state index contributed by atoms with van der Waals surface area (Å²) in [6.07, 6.45) is 1.40. The first-order valence-electron chi connectivity index (χ1n) is 6.32. The van der Waals surface area contributed by atoms with E-state index in [0.717, 1.165) is 19.0 Å². The Morgan fingerprint density at radius 2 is 2.00 bits per heavy atom. The molecule has 1 fully saturated rings. The maximum atomic E-state index is 10.6. The van der Waals surface area contributed by atoms with Gasteiger partial charge in [0, 0.05) is 12.4 Å². The van der Waals surface area contributed by atoms with Gasteiger partial charge in [0.25, 0.3) is 0 Å². The number of carboxylic acid groups (broad SMARTS) is 1. The number of hydrogen-bond acceptors (Lipinski definition) is 3. The van der Waals surface area contributed by atoms with E-state index in [1.54, 1.807) is 0 Å². The van der Waals surface area contributed by atoms with Gasteiger partial charge in [0.1, 0.15) is 0 Å².